The highest BCUT2D eigenvalue weighted by atomic mass is 32.1. The lowest BCUT2D eigenvalue weighted by Gasteiger charge is -1.98. The fourth-order valence-electron chi connectivity index (χ4n) is 0.668. The smallest absolute Gasteiger partial charge is 0.183 e. The third-order valence-electron chi connectivity index (χ3n) is 1.20. The summed E-state index contributed by atoms with van der Waals surface area (Å²) in [5.74, 6) is 0. The van der Waals surface area contributed by atoms with Crippen molar-refractivity contribution in [1.82, 2.24) is 4.98 Å². The number of nitrogens with zero attached hydrogens (tertiary/aromatic N) is 2. The SMILES string of the molecule is COCCNc1ncc(C#N)s1. The molecule has 0 spiro atoms. The zero-order valence-electron chi connectivity index (χ0n) is 6.70. The number of aromatic nitrogens is 1. The third-order valence-corrected chi connectivity index (χ3v) is 2.06. The van der Waals surface area contributed by atoms with Crippen LogP contribution in [0.4, 0.5) is 5.13 Å². The lowest BCUT2D eigenvalue weighted by atomic mass is 10.6. The highest BCUT2D eigenvalue weighted by Gasteiger charge is 1.98. The molecule has 0 bridgehead atoms. The molecule has 0 aliphatic carbocycles. The van der Waals surface area contributed by atoms with Gasteiger partial charge >= 0.3 is 0 Å². The highest BCUT2D eigenvalue weighted by Crippen LogP contribution is 2.15. The van der Waals surface area contributed by atoms with Gasteiger partial charge in [0.15, 0.2) is 5.13 Å². The minimum absolute atomic E-state index is 0.620. The number of anilines is 1. The maximum Gasteiger partial charge on any atom is 0.183 e. The molecule has 5 heteroatoms. The average Bonchev–Trinajstić information content (AvgIpc) is 2.53. The molecule has 0 saturated heterocycles. The molecule has 0 unspecified atom stereocenters. The van der Waals surface area contributed by atoms with Gasteiger partial charge in [0, 0.05) is 13.7 Å². The Morgan fingerprint density at radius 2 is 2.67 bits per heavy atom. The van der Waals surface area contributed by atoms with Gasteiger partial charge in [0.1, 0.15) is 10.9 Å². The first-order chi connectivity index (χ1) is 5.86. The molecule has 0 radical (unpaired) electrons. The molecule has 0 aromatic carbocycles. The van der Waals surface area contributed by atoms with Crippen molar-refractivity contribution in [1.29, 1.82) is 5.26 Å². The van der Waals surface area contributed by atoms with E-state index in [9.17, 15) is 0 Å². The Bertz CT molecular complexity index is 278. The van der Waals surface area contributed by atoms with Gasteiger partial charge in [-0.3, -0.25) is 0 Å². The second-order valence-corrected chi connectivity index (χ2v) is 3.09. The van der Waals surface area contributed by atoms with Gasteiger partial charge in [-0.05, 0) is 0 Å². The number of rotatable bonds is 4. The summed E-state index contributed by atoms with van der Waals surface area (Å²) in [6.45, 7) is 1.36. The molecule has 1 rings (SSSR count). The lowest BCUT2D eigenvalue weighted by molar-refractivity contribution is 0.211. The second-order valence-electron chi connectivity index (χ2n) is 2.06. The van der Waals surface area contributed by atoms with Crippen molar-refractivity contribution in [3.63, 3.8) is 0 Å². The van der Waals surface area contributed by atoms with Crippen LogP contribution in [0.15, 0.2) is 6.20 Å². The van der Waals surface area contributed by atoms with Crippen molar-refractivity contribution >= 4 is 16.5 Å². The van der Waals surface area contributed by atoms with Crippen LogP contribution in [0.2, 0.25) is 0 Å². The van der Waals surface area contributed by atoms with Gasteiger partial charge in [0.25, 0.3) is 0 Å². The Labute approximate surface area is 74.8 Å². The first kappa shape index (κ1) is 8.97. The molecule has 1 N–H and O–H groups in total. The average molecular weight is 183 g/mol. The van der Waals surface area contributed by atoms with E-state index in [1.165, 1.54) is 11.3 Å². The molecule has 1 heterocycles. The van der Waals surface area contributed by atoms with E-state index >= 15 is 0 Å². The summed E-state index contributed by atoms with van der Waals surface area (Å²) in [5, 5.41) is 12.3. The molecule has 12 heavy (non-hydrogen) atoms. The molecule has 1 aromatic rings. The van der Waals surface area contributed by atoms with E-state index in [0.717, 1.165) is 11.7 Å². The Morgan fingerprint density at radius 3 is 3.25 bits per heavy atom. The summed E-state index contributed by atoms with van der Waals surface area (Å²) in [5.41, 5.74) is 0. The number of nitrogens with one attached hydrogen (secondary N) is 1. The van der Waals surface area contributed by atoms with Gasteiger partial charge < -0.3 is 10.1 Å². The van der Waals surface area contributed by atoms with Crippen LogP contribution < -0.4 is 5.32 Å². The van der Waals surface area contributed by atoms with Crippen LogP contribution in [-0.4, -0.2) is 25.2 Å². The fourth-order valence-corrected chi connectivity index (χ4v) is 1.31. The van der Waals surface area contributed by atoms with Gasteiger partial charge in [0.05, 0.1) is 12.8 Å². The Kier molecular flexibility index (Phi) is 3.51. The maximum atomic E-state index is 8.49. The second kappa shape index (κ2) is 4.70. The van der Waals surface area contributed by atoms with Crippen molar-refractivity contribution < 1.29 is 4.74 Å². The monoisotopic (exact) mass is 183 g/mol. The summed E-state index contributed by atoms with van der Waals surface area (Å²) in [6.07, 6.45) is 1.56. The zero-order valence-corrected chi connectivity index (χ0v) is 7.52. The summed E-state index contributed by atoms with van der Waals surface area (Å²) in [4.78, 5) is 4.61. The molecule has 0 aliphatic heterocycles. The standard InChI is InChI=1S/C7H9N3OS/c1-11-3-2-9-7-10-5-6(4-8)12-7/h5H,2-3H2,1H3,(H,9,10). The molecular formula is C7H9N3OS. The molecule has 4 nitrogen and oxygen atoms in total. The molecule has 64 valence electrons. The van der Waals surface area contributed by atoms with E-state index in [1.54, 1.807) is 13.3 Å². The highest BCUT2D eigenvalue weighted by molar-refractivity contribution is 7.16. The molecule has 0 fully saturated rings. The minimum Gasteiger partial charge on any atom is -0.383 e. The van der Waals surface area contributed by atoms with E-state index < -0.39 is 0 Å². The number of ether oxygens (including phenoxy) is 1. The minimum atomic E-state index is 0.620. The van der Waals surface area contributed by atoms with E-state index in [4.69, 9.17) is 10.00 Å². The molecule has 0 aliphatic rings. The van der Waals surface area contributed by atoms with Gasteiger partial charge in [-0.2, -0.15) is 5.26 Å². The summed E-state index contributed by atoms with van der Waals surface area (Å²) in [7, 11) is 1.64. The van der Waals surface area contributed by atoms with E-state index in [1.807, 2.05) is 6.07 Å². The van der Waals surface area contributed by atoms with Gasteiger partial charge in [0.2, 0.25) is 0 Å². The third kappa shape index (κ3) is 2.49. The van der Waals surface area contributed by atoms with Crippen molar-refractivity contribution in [3.8, 4) is 6.07 Å². The molecule has 0 saturated carbocycles. The predicted octanol–water partition coefficient (Wildman–Crippen LogP) is 1.07. The lowest BCUT2D eigenvalue weighted by Crippen LogP contribution is -2.06. The van der Waals surface area contributed by atoms with Crippen LogP contribution in [0.3, 0.4) is 0 Å². The normalized spacial score (nSPS) is 9.33. The number of hydrogen-bond acceptors (Lipinski definition) is 5. The largest absolute Gasteiger partial charge is 0.383 e. The fraction of sp³-hybridized carbons (Fsp3) is 0.429. The van der Waals surface area contributed by atoms with Crippen molar-refractivity contribution in [2.24, 2.45) is 0 Å². The Morgan fingerprint density at radius 1 is 1.83 bits per heavy atom. The first-order valence-corrected chi connectivity index (χ1v) is 4.27. The van der Waals surface area contributed by atoms with Gasteiger partial charge in [-0.25, -0.2) is 4.98 Å². The molecule has 0 atom stereocenters. The van der Waals surface area contributed by atoms with Gasteiger partial charge in [-0.1, -0.05) is 11.3 Å². The Hall–Kier alpha value is -1.12. The van der Waals surface area contributed by atoms with E-state index in [-0.39, 0.29) is 0 Å². The van der Waals surface area contributed by atoms with E-state index in [2.05, 4.69) is 10.3 Å². The summed E-state index contributed by atoms with van der Waals surface area (Å²) < 4.78 is 4.85. The summed E-state index contributed by atoms with van der Waals surface area (Å²) >= 11 is 1.34. The maximum absolute atomic E-state index is 8.49. The van der Waals surface area contributed by atoms with Crippen LogP contribution in [-0.2, 0) is 4.74 Å². The van der Waals surface area contributed by atoms with Crippen LogP contribution in [0.1, 0.15) is 4.88 Å². The van der Waals surface area contributed by atoms with Crippen LogP contribution in [0.5, 0.6) is 0 Å². The Balaban J connectivity index is 2.38. The van der Waals surface area contributed by atoms with Crippen molar-refractivity contribution in [2.45, 2.75) is 0 Å². The quantitative estimate of drug-likeness (QED) is 0.709. The number of methoxy groups -OCH3 is 1. The first-order valence-electron chi connectivity index (χ1n) is 3.45. The molecular weight excluding hydrogens is 174 g/mol. The molecule has 1 aromatic heterocycles. The van der Waals surface area contributed by atoms with E-state index in [0.29, 0.717) is 11.5 Å². The van der Waals surface area contributed by atoms with Crippen LogP contribution >= 0.6 is 11.3 Å². The van der Waals surface area contributed by atoms with Crippen LogP contribution in [0.25, 0.3) is 0 Å². The number of nitriles is 1. The number of thiazole rings is 1. The van der Waals surface area contributed by atoms with Crippen molar-refractivity contribution in [2.75, 3.05) is 25.6 Å². The van der Waals surface area contributed by atoms with Gasteiger partial charge in [-0.15, -0.1) is 0 Å². The molecule has 0 amide bonds. The van der Waals surface area contributed by atoms with Crippen molar-refractivity contribution in [3.05, 3.63) is 11.1 Å². The number of hydrogen-bond donors (Lipinski definition) is 1. The zero-order chi connectivity index (χ0) is 8.81. The van der Waals surface area contributed by atoms with Crippen LogP contribution in [0, 0.1) is 11.3 Å². The predicted molar refractivity (Wildman–Crippen MR) is 47.2 cm³/mol. The summed E-state index contributed by atoms with van der Waals surface area (Å²) in [6, 6.07) is 2.02. The topological polar surface area (TPSA) is 57.9 Å².